The molecule has 0 aliphatic carbocycles. The van der Waals surface area contributed by atoms with Crippen molar-refractivity contribution in [2.24, 2.45) is 0 Å². The number of hydrogen-bond donors (Lipinski definition) is 2. The number of halogens is 1. The summed E-state index contributed by atoms with van der Waals surface area (Å²) in [5.74, 6) is -0.127. The molecule has 1 aromatic carbocycles. The maximum Gasteiger partial charge on any atom is 0.269 e. The lowest BCUT2D eigenvalue weighted by molar-refractivity contribution is 0.0948. The number of nitrogens with one attached hydrogen (secondary N) is 2. The van der Waals surface area contributed by atoms with E-state index in [0.717, 1.165) is 29.1 Å². The molecule has 116 valence electrons. The third-order valence-corrected chi connectivity index (χ3v) is 3.47. The molecule has 0 radical (unpaired) electrons. The first kappa shape index (κ1) is 16.3. The van der Waals surface area contributed by atoms with Gasteiger partial charge in [0.1, 0.15) is 5.69 Å². The van der Waals surface area contributed by atoms with Crippen LogP contribution < -0.4 is 10.6 Å². The Labute approximate surface area is 135 Å². The van der Waals surface area contributed by atoms with E-state index >= 15 is 0 Å². The van der Waals surface area contributed by atoms with Gasteiger partial charge in [-0.3, -0.25) is 4.79 Å². The van der Waals surface area contributed by atoms with Gasteiger partial charge in [0.15, 0.2) is 0 Å². The van der Waals surface area contributed by atoms with Gasteiger partial charge in [-0.15, -0.1) is 0 Å². The van der Waals surface area contributed by atoms with Gasteiger partial charge in [-0.2, -0.15) is 0 Å². The van der Waals surface area contributed by atoms with Crippen LogP contribution in [0.25, 0.3) is 0 Å². The largest absolute Gasteiger partial charge is 0.380 e. The highest BCUT2D eigenvalue weighted by molar-refractivity contribution is 6.30. The summed E-state index contributed by atoms with van der Waals surface area (Å²) >= 11 is 5.85. The predicted octanol–water partition coefficient (Wildman–Crippen LogP) is 3.88. The molecule has 2 rings (SSSR count). The first-order valence-corrected chi connectivity index (χ1v) is 7.79. The standard InChI is InChI=1S/C17H20ClN3O/c1-2-3-10-19-17(22)16-9-8-15(12-21-16)20-11-13-4-6-14(18)7-5-13/h4-9,12,20H,2-3,10-11H2,1H3,(H,19,22). The topological polar surface area (TPSA) is 54.0 Å². The molecule has 1 amide bonds. The van der Waals surface area contributed by atoms with Crippen LogP contribution in [0.1, 0.15) is 35.8 Å². The van der Waals surface area contributed by atoms with Crippen molar-refractivity contribution in [2.75, 3.05) is 11.9 Å². The summed E-state index contributed by atoms with van der Waals surface area (Å²) in [6, 6.07) is 11.3. The van der Waals surface area contributed by atoms with Crippen LogP contribution in [0.5, 0.6) is 0 Å². The zero-order valence-electron chi connectivity index (χ0n) is 12.6. The number of pyridine rings is 1. The first-order chi connectivity index (χ1) is 10.7. The molecule has 0 saturated carbocycles. The number of unbranched alkanes of at least 4 members (excludes halogenated alkanes) is 1. The summed E-state index contributed by atoms with van der Waals surface area (Å²) in [4.78, 5) is 16.0. The fraction of sp³-hybridized carbons (Fsp3) is 0.294. The summed E-state index contributed by atoms with van der Waals surface area (Å²) < 4.78 is 0. The normalized spacial score (nSPS) is 10.3. The number of benzene rings is 1. The number of nitrogens with zero attached hydrogens (tertiary/aromatic N) is 1. The van der Waals surface area contributed by atoms with Gasteiger partial charge in [0, 0.05) is 18.1 Å². The molecule has 0 aliphatic rings. The van der Waals surface area contributed by atoms with Crippen molar-refractivity contribution in [3.05, 3.63) is 58.9 Å². The molecule has 0 unspecified atom stereocenters. The van der Waals surface area contributed by atoms with Crippen molar-refractivity contribution in [1.29, 1.82) is 0 Å². The van der Waals surface area contributed by atoms with Crippen LogP contribution >= 0.6 is 11.6 Å². The molecule has 2 aromatic rings. The Balaban J connectivity index is 1.86. The average Bonchev–Trinajstić information content (AvgIpc) is 2.55. The Kier molecular flexibility index (Phi) is 6.22. The Bertz CT molecular complexity index is 596. The minimum absolute atomic E-state index is 0.127. The van der Waals surface area contributed by atoms with Crippen molar-refractivity contribution in [2.45, 2.75) is 26.3 Å². The monoisotopic (exact) mass is 317 g/mol. The number of carbonyl (C=O) groups excluding carboxylic acids is 1. The van der Waals surface area contributed by atoms with Crippen molar-refractivity contribution in [3.63, 3.8) is 0 Å². The highest BCUT2D eigenvalue weighted by Crippen LogP contribution is 2.12. The van der Waals surface area contributed by atoms with Gasteiger partial charge in [0.2, 0.25) is 0 Å². The zero-order valence-corrected chi connectivity index (χ0v) is 13.4. The Morgan fingerprint density at radius 2 is 1.95 bits per heavy atom. The number of anilines is 1. The molecule has 0 fully saturated rings. The van der Waals surface area contributed by atoms with E-state index in [0.29, 0.717) is 18.8 Å². The average molecular weight is 318 g/mol. The van der Waals surface area contributed by atoms with Crippen LogP contribution in [0.15, 0.2) is 42.6 Å². The van der Waals surface area contributed by atoms with E-state index in [1.54, 1.807) is 12.3 Å². The minimum Gasteiger partial charge on any atom is -0.380 e. The quantitative estimate of drug-likeness (QED) is 0.762. The Morgan fingerprint density at radius 3 is 2.59 bits per heavy atom. The van der Waals surface area contributed by atoms with Gasteiger partial charge < -0.3 is 10.6 Å². The van der Waals surface area contributed by atoms with Crippen molar-refractivity contribution in [1.82, 2.24) is 10.3 Å². The molecule has 0 atom stereocenters. The molecular weight excluding hydrogens is 298 g/mol. The smallest absolute Gasteiger partial charge is 0.269 e. The van der Waals surface area contributed by atoms with Gasteiger partial charge in [-0.05, 0) is 36.2 Å². The van der Waals surface area contributed by atoms with Crippen molar-refractivity contribution in [3.8, 4) is 0 Å². The van der Waals surface area contributed by atoms with E-state index in [9.17, 15) is 4.79 Å². The van der Waals surface area contributed by atoms with Gasteiger partial charge in [0.25, 0.3) is 5.91 Å². The maximum absolute atomic E-state index is 11.8. The number of rotatable bonds is 7. The summed E-state index contributed by atoms with van der Waals surface area (Å²) in [7, 11) is 0. The molecule has 1 aromatic heterocycles. The minimum atomic E-state index is -0.127. The second-order valence-corrected chi connectivity index (χ2v) is 5.46. The molecule has 4 nitrogen and oxygen atoms in total. The fourth-order valence-electron chi connectivity index (χ4n) is 1.91. The fourth-order valence-corrected chi connectivity index (χ4v) is 2.03. The van der Waals surface area contributed by atoms with Crippen LogP contribution in [-0.2, 0) is 6.54 Å². The zero-order chi connectivity index (χ0) is 15.8. The molecule has 0 saturated heterocycles. The molecule has 2 N–H and O–H groups in total. The second-order valence-electron chi connectivity index (χ2n) is 5.02. The van der Waals surface area contributed by atoms with Crippen LogP contribution in [0.3, 0.4) is 0 Å². The molecular formula is C17H20ClN3O. The van der Waals surface area contributed by atoms with Gasteiger partial charge >= 0.3 is 0 Å². The van der Waals surface area contributed by atoms with Gasteiger partial charge in [0.05, 0.1) is 11.9 Å². The summed E-state index contributed by atoms with van der Waals surface area (Å²) in [6.07, 6.45) is 3.71. The highest BCUT2D eigenvalue weighted by Gasteiger charge is 2.05. The van der Waals surface area contributed by atoms with E-state index in [-0.39, 0.29) is 5.91 Å². The van der Waals surface area contributed by atoms with Gasteiger partial charge in [-0.1, -0.05) is 37.1 Å². The summed E-state index contributed by atoms with van der Waals surface area (Å²) in [5.41, 5.74) is 2.44. The van der Waals surface area contributed by atoms with E-state index in [1.807, 2.05) is 30.3 Å². The highest BCUT2D eigenvalue weighted by atomic mass is 35.5. The lowest BCUT2D eigenvalue weighted by Gasteiger charge is -2.08. The lowest BCUT2D eigenvalue weighted by Crippen LogP contribution is -2.25. The molecule has 5 heteroatoms. The SMILES string of the molecule is CCCCNC(=O)c1ccc(NCc2ccc(Cl)cc2)cn1. The number of amides is 1. The lowest BCUT2D eigenvalue weighted by atomic mass is 10.2. The van der Waals surface area contributed by atoms with Crippen molar-refractivity contribution < 1.29 is 4.79 Å². The van der Waals surface area contributed by atoms with Crippen LogP contribution in [0, 0.1) is 0 Å². The number of hydrogen-bond acceptors (Lipinski definition) is 3. The van der Waals surface area contributed by atoms with Crippen LogP contribution in [0.2, 0.25) is 5.02 Å². The Hall–Kier alpha value is -2.07. The van der Waals surface area contributed by atoms with Crippen LogP contribution in [-0.4, -0.2) is 17.4 Å². The summed E-state index contributed by atoms with van der Waals surface area (Å²) in [6.45, 7) is 3.46. The number of aromatic nitrogens is 1. The molecule has 0 spiro atoms. The third-order valence-electron chi connectivity index (χ3n) is 3.22. The third kappa shape index (κ3) is 5.04. The maximum atomic E-state index is 11.8. The van der Waals surface area contributed by atoms with E-state index in [1.165, 1.54) is 0 Å². The predicted molar refractivity (Wildman–Crippen MR) is 90.3 cm³/mol. The van der Waals surface area contributed by atoms with E-state index in [2.05, 4.69) is 22.5 Å². The first-order valence-electron chi connectivity index (χ1n) is 7.41. The number of carbonyl (C=O) groups is 1. The Morgan fingerprint density at radius 1 is 1.18 bits per heavy atom. The molecule has 22 heavy (non-hydrogen) atoms. The van der Waals surface area contributed by atoms with E-state index in [4.69, 9.17) is 11.6 Å². The van der Waals surface area contributed by atoms with Crippen LogP contribution in [0.4, 0.5) is 5.69 Å². The van der Waals surface area contributed by atoms with Crippen molar-refractivity contribution >= 4 is 23.2 Å². The molecule has 0 bridgehead atoms. The van der Waals surface area contributed by atoms with Gasteiger partial charge in [-0.25, -0.2) is 4.98 Å². The second kappa shape index (κ2) is 8.39. The summed E-state index contributed by atoms with van der Waals surface area (Å²) in [5, 5.41) is 6.84. The molecule has 1 heterocycles. The van der Waals surface area contributed by atoms with E-state index < -0.39 is 0 Å². The molecule has 0 aliphatic heterocycles.